The summed E-state index contributed by atoms with van der Waals surface area (Å²) in [5.41, 5.74) is 0.850. The van der Waals surface area contributed by atoms with E-state index in [0.717, 1.165) is 0 Å². The molecule has 5 nitrogen and oxygen atoms in total. The lowest BCUT2D eigenvalue weighted by molar-refractivity contribution is -0.123. The first-order valence-electron chi connectivity index (χ1n) is 6.67. The van der Waals surface area contributed by atoms with Gasteiger partial charge in [0.05, 0.1) is 23.5 Å². The fourth-order valence-electron chi connectivity index (χ4n) is 1.88. The van der Waals surface area contributed by atoms with Gasteiger partial charge < -0.3 is 15.4 Å². The minimum absolute atomic E-state index is 0.360. The van der Waals surface area contributed by atoms with Crippen molar-refractivity contribution in [2.24, 2.45) is 0 Å². The third kappa shape index (κ3) is 4.87. The number of halogens is 2. The summed E-state index contributed by atoms with van der Waals surface area (Å²) < 4.78 is 5.13. The van der Waals surface area contributed by atoms with Crippen molar-refractivity contribution >= 4 is 46.4 Å². The molecule has 0 aliphatic carbocycles. The summed E-state index contributed by atoms with van der Waals surface area (Å²) in [6.45, 7) is 0. The van der Waals surface area contributed by atoms with Gasteiger partial charge in [0.25, 0.3) is 0 Å². The van der Waals surface area contributed by atoms with Crippen molar-refractivity contribution in [2.45, 2.75) is 6.42 Å². The molecule has 0 aliphatic heterocycles. The fraction of sp³-hybridized carbons (Fsp3) is 0.125. The van der Waals surface area contributed by atoms with E-state index in [0.29, 0.717) is 27.2 Å². The van der Waals surface area contributed by atoms with Gasteiger partial charge in [0, 0.05) is 5.02 Å². The van der Waals surface area contributed by atoms with Crippen LogP contribution in [0.25, 0.3) is 0 Å². The number of para-hydroxylation sites is 1. The van der Waals surface area contributed by atoms with Crippen molar-refractivity contribution in [3.8, 4) is 5.75 Å². The van der Waals surface area contributed by atoms with E-state index in [1.165, 1.54) is 7.11 Å². The molecule has 0 bridgehead atoms. The van der Waals surface area contributed by atoms with E-state index in [9.17, 15) is 9.59 Å². The van der Waals surface area contributed by atoms with E-state index in [1.807, 2.05) is 0 Å². The monoisotopic (exact) mass is 352 g/mol. The van der Waals surface area contributed by atoms with Gasteiger partial charge in [-0.1, -0.05) is 35.3 Å². The lowest BCUT2D eigenvalue weighted by atomic mass is 10.2. The molecule has 0 spiro atoms. The summed E-state index contributed by atoms with van der Waals surface area (Å²) >= 11 is 11.8. The molecule has 0 atom stereocenters. The summed E-state index contributed by atoms with van der Waals surface area (Å²) in [6.07, 6.45) is -0.360. The van der Waals surface area contributed by atoms with Crippen molar-refractivity contribution in [2.75, 3.05) is 17.7 Å². The van der Waals surface area contributed by atoms with Crippen LogP contribution in [0.2, 0.25) is 10.0 Å². The van der Waals surface area contributed by atoms with Crippen LogP contribution >= 0.6 is 23.2 Å². The van der Waals surface area contributed by atoms with Crippen molar-refractivity contribution < 1.29 is 14.3 Å². The van der Waals surface area contributed by atoms with Crippen LogP contribution in [0, 0.1) is 0 Å². The first-order valence-corrected chi connectivity index (χ1v) is 7.43. The number of ether oxygens (including phenoxy) is 1. The molecule has 0 saturated heterocycles. The van der Waals surface area contributed by atoms with E-state index in [2.05, 4.69) is 10.6 Å². The van der Waals surface area contributed by atoms with Gasteiger partial charge in [0.1, 0.15) is 12.2 Å². The maximum Gasteiger partial charge on any atom is 0.233 e. The first-order chi connectivity index (χ1) is 11.0. The lowest BCUT2D eigenvalue weighted by Crippen LogP contribution is -2.21. The smallest absolute Gasteiger partial charge is 0.233 e. The Bertz CT molecular complexity index is 735. The standard InChI is InChI=1S/C16H14Cl2N2O3/c1-23-14-7-6-10(17)8-13(14)20-16(22)9-15(21)19-12-5-3-2-4-11(12)18/h2-8H,9H2,1H3,(H,19,21)(H,20,22). The Kier molecular flexibility index (Phi) is 5.84. The van der Waals surface area contributed by atoms with Gasteiger partial charge in [-0.25, -0.2) is 0 Å². The number of carbonyl (C=O) groups excluding carboxylic acids is 2. The van der Waals surface area contributed by atoms with E-state index >= 15 is 0 Å². The highest BCUT2D eigenvalue weighted by molar-refractivity contribution is 6.33. The summed E-state index contributed by atoms with van der Waals surface area (Å²) in [6, 6.07) is 11.6. The second kappa shape index (κ2) is 7.85. The van der Waals surface area contributed by atoms with Crippen LogP contribution in [0.3, 0.4) is 0 Å². The number of hydrogen-bond acceptors (Lipinski definition) is 3. The first kappa shape index (κ1) is 17.1. The summed E-state index contributed by atoms with van der Waals surface area (Å²) in [7, 11) is 1.48. The van der Waals surface area contributed by atoms with Crippen LogP contribution in [-0.2, 0) is 9.59 Å². The maximum absolute atomic E-state index is 12.0. The highest BCUT2D eigenvalue weighted by Gasteiger charge is 2.13. The second-order valence-corrected chi connectivity index (χ2v) is 5.44. The normalized spacial score (nSPS) is 10.0. The molecular formula is C16H14Cl2N2O3. The predicted octanol–water partition coefficient (Wildman–Crippen LogP) is 3.97. The largest absolute Gasteiger partial charge is 0.495 e. The third-order valence-electron chi connectivity index (χ3n) is 2.90. The molecule has 2 N–H and O–H groups in total. The minimum Gasteiger partial charge on any atom is -0.495 e. The number of carbonyl (C=O) groups is 2. The van der Waals surface area contributed by atoms with Crippen molar-refractivity contribution in [1.82, 2.24) is 0 Å². The third-order valence-corrected chi connectivity index (χ3v) is 3.47. The molecule has 2 aromatic carbocycles. The van der Waals surface area contributed by atoms with Gasteiger partial charge in [-0.3, -0.25) is 9.59 Å². The zero-order chi connectivity index (χ0) is 16.8. The molecular weight excluding hydrogens is 339 g/mol. The van der Waals surface area contributed by atoms with Gasteiger partial charge in [-0.05, 0) is 30.3 Å². The Morgan fingerprint density at radius 2 is 1.65 bits per heavy atom. The molecule has 0 aromatic heterocycles. The van der Waals surface area contributed by atoms with Crippen LogP contribution in [0.15, 0.2) is 42.5 Å². The predicted molar refractivity (Wildman–Crippen MR) is 91.3 cm³/mol. The Balaban J connectivity index is 1.98. The van der Waals surface area contributed by atoms with E-state index in [4.69, 9.17) is 27.9 Å². The maximum atomic E-state index is 12.0. The van der Waals surface area contributed by atoms with Gasteiger partial charge in [-0.2, -0.15) is 0 Å². The number of nitrogens with one attached hydrogen (secondary N) is 2. The quantitative estimate of drug-likeness (QED) is 0.800. The molecule has 23 heavy (non-hydrogen) atoms. The Hall–Kier alpha value is -2.24. The van der Waals surface area contributed by atoms with E-state index in [-0.39, 0.29) is 6.42 Å². The van der Waals surface area contributed by atoms with Crippen LogP contribution in [0.4, 0.5) is 11.4 Å². The van der Waals surface area contributed by atoms with E-state index in [1.54, 1.807) is 42.5 Å². The SMILES string of the molecule is COc1ccc(Cl)cc1NC(=O)CC(=O)Nc1ccccc1Cl. The molecule has 0 fully saturated rings. The average molecular weight is 353 g/mol. The molecule has 0 saturated carbocycles. The molecule has 7 heteroatoms. The van der Waals surface area contributed by atoms with Crippen molar-refractivity contribution in [1.29, 1.82) is 0 Å². The number of anilines is 2. The van der Waals surface area contributed by atoms with Gasteiger partial charge >= 0.3 is 0 Å². The highest BCUT2D eigenvalue weighted by Crippen LogP contribution is 2.27. The summed E-state index contributed by atoms with van der Waals surface area (Å²) in [5.74, 6) is -0.513. The zero-order valence-corrected chi connectivity index (χ0v) is 13.7. The molecule has 2 amide bonds. The van der Waals surface area contributed by atoms with Crippen LogP contribution in [0.5, 0.6) is 5.75 Å². The fourth-order valence-corrected chi connectivity index (χ4v) is 2.23. The number of methoxy groups -OCH3 is 1. The molecule has 120 valence electrons. The molecule has 0 radical (unpaired) electrons. The van der Waals surface area contributed by atoms with Crippen LogP contribution < -0.4 is 15.4 Å². The van der Waals surface area contributed by atoms with Gasteiger partial charge in [-0.15, -0.1) is 0 Å². The topological polar surface area (TPSA) is 67.4 Å². The number of benzene rings is 2. The Labute approximate surface area is 143 Å². The average Bonchev–Trinajstić information content (AvgIpc) is 2.49. The summed E-state index contributed by atoms with van der Waals surface area (Å²) in [5, 5.41) is 6.02. The number of amides is 2. The molecule has 2 rings (SSSR count). The van der Waals surface area contributed by atoms with Crippen molar-refractivity contribution in [3.05, 3.63) is 52.5 Å². The van der Waals surface area contributed by atoms with E-state index < -0.39 is 11.8 Å². The number of rotatable bonds is 5. The second-order valence-electron chi connectivity index (χ2n) is 4.60. The zero-order valence-electron chi connectivity index (χ0n) is 12.2. The number of hydrogen-bond donors (Lipinski definition) is 2. The lowest BCUT2D eigenvalue weighted by Gasteiger charge is -2.11. The highest BCUT2D eigenvalue weighted by atomic mass is 35.5. The summed E-state index contributed by atoms with van der Waals surface area (Å²) in [4.78, 5) is 23.9. The molecule has 0 unspecified atom stereocenters. The molecule has 2 aromatic rings. The Morgan fingerprint density at radius 3 is 2.30 bits per heavy atom. The minimum atomic E-state index is -0.491. The van der Waals surface area contributed by atoms with Gasteiger partial charge in [0.15, 0.2) is 0 Å². The Morgan fingerprint density at radius 1 is 1.00 bits per heavy atom. The molecule has 0 aliphatic rings. The van der Waals surface area contributed by atoms with Crippen molar-refractivity contribution in [3.63, 3.8) is 0 Å². The van der Waals surface area contributed by atoms with Gasteiger partial charge in [0.2, 0.25) is 11.8 Å². The molecule has 0 heterocycles. The van der Waals surface area contributed by atoms with Crippen LogP contribution in [-0.4, -0.2) is 18.9 Å². The van der Waals surface area contributed by atoms with Crippen LogP contribution in [0.1, 0.15) is 6.42 Å².